The molecule has 0 saturated heterocycles. The van der Waals surface area contributed by atoms with Gasteiger partial charge in [0.15, 0.2) is 10.8 Å². The molecule has 0 bridgehead atoms. The van der Waals surface area contributed by atoms with Crippen LogP contribution in [0.5, 0.6) is 0 Å². The normalized spacial score (nSPS) is 11.1. The number of carbonyl (C=O) groups is 1. The second kappa shape index (κ2) is 11.1. The van der Waals surface area contributed by atoms with Crippen LogP contribution in [0.15, 0.2) is 28.9 Å². The summed E-state index contributed by atoms with van der Waals surface area (Å²) in [5, 5.41) is 14.3. The maximum Gasteiger partial charge on any atom is 0.225 e. The summed E-state index contributed by atoms with van der Waals surface area (Å²) in [6.45, 7) is 7.05. The molecule has 0 aliphatic carbocycles. The number of anilines is 1. The zero-order valence-electron chi connectivity index (χ0n) is 16.7. The van der Waals surface area contributed by atoms with Crippen molar-refractivity contribution in [2.75, 3.05) is 37.4 Å². The van der Waals surface area contributed by atoms with Gasteiger partial charge in [-0.25, -0.2) is 14.6 Å². The van der Waals surface area contributed by atoms with Crippen molar-refractivity contribution in [1.29, 1.82) is 0 Å². The van der Waals surface area contributed by atoms with Gasteiger partial charge in [0.1, 0.15) is 5.82 Å². The van der Waals surface area contributed by atoms with Gasteiger partial charge in [0, 0.05) is 24.6 Å². The second-order valence-corrected chi connectivity index (χ2v) is 8.39. The van der Waals surface area contributed by atoms with Crippen molar-refractivity contribution in [2.24, 2.45) is 0 Å². The zero-order chi connectivity index (χ0) is 20.5. The predicted molar refractivity (Wildman–Crippen MR) is 118 cm³/mol. The molecule has 10 heteroatoms. The van der Waals surface area contributed by atoms with E-state index in [2.05, 4.69) is 32.6 Å². The number of rotatable bonds is 12. The Morgan fingerprint density at radius 2 is 2.21 bits per heavy atom. The first-order chi connectivity index (χ1) is 14.2. The Balaban J connectivity index is 1.65. The minimum absolute atomic E-state index is 0.0130. The van der Waals surface area contributed by atoms with Gasteiger partial charge in [-0.2, -0.15) is 5.10 Å². The Kier molecular flexibility index (Phi) is 8.26. The molecule has 0 unspecified atom stereocenters. The fourth-order valence-corrected chi connectivity index (χ4v) is 4.02. The Hall–Kier alpha value is -2.17. The highest BCUT2D eigenvalue weighted by Crippen LogP contribution is 2.24. The van der Waals surface area contributed by atoms with E-state index in [1.165, 1.54) is 0 Å². The molecule has 0 aliphatic heterocycles. The van der Waals surface area contributed by atoms with Crippen LogP contribution in [0.1, 0.15) is 18.7 Å². The molecule has 156 valence electrons. The lowest BCUT2D eigenvalue weighted by Gasteiger charge is -2.10. The largest absolute Gasteiger partial charge is 0.380 e. The van der Waals surface area contributed by atoms with Gasteiger partial charge >= 0.3 is 0 Å². The van der Waals surface area contributed by atoms with E-state index in [4.69, 9.17) is 4.74 Å². The van der Waals surface area contributed by atoms with Gasteiger partial charge in [-0.1, -0.05) is 24.8 Å². The number of carbonyl (C=O) groups excluding carboxylic acids is 1. The van der Waals surface area contributed by atoms with Gasteiger partial charge in [-0.05, 0) is 24.1 Å². The first-order valence-electron chi connectivity index (χ1n) is 9.68. The summed E-state index contributed by atoms with van der Waals surface area (Å²) >= 11 is 3.18. The van der Waals surface area contributed by atoms with Crippen LogP contribution in [0, 0.1) is 0 Å². The summed E-state index contributed by atoms with van der Waals surface area (Å²) < 4.78 is 7.21. The van der Waals surface area contributed by atoms with E-state index < -0.39 is 0 Å². The molecule has 0 atom stereocenters. The minimum Gasteiger partial charge on any atom is -0.380 e. The Morgan fingerprint density at radius 1 is 1.31 bits per heavy atom. The Bertz CT molecular complexity index is 913. The van der Waals surface area contributed by atoms with E-state index in [-0.39, 0.29) is 5.91 Å². The summed E-state index contributed by atoms with van der Waals surface area (Å²) in [7, 11) is 0. The molecule has 0 saturated carbocycles. The van der Waals surface area contributed by atoms with E-state index >= 15 is 0 Å². The van der Waals surface area contributed by atoms with Crippen LogP contribution in [0.2, 0.25) is 0 Å². The van der Waals surface area contributed by atoms with Crippen molar-refractivity contribution in [3.8, 4) is 0 Å². The third-order valence-corrected chi connectivity index (χ3v) is 5.66. The first-order valence-corrected chi connectivity index (χ1v) is 11.5. The summed E-state index contributed by atoms with van der Waals surface area (Å²) in [4.78, 5) is 22.4. The monoisotopic (exact) mass is 434 g/mol. The van der Waals surface area contributed by atoms with Crippen molar-refractivity contribution in [3.05, 3.63) is 28.6 Å². The number of nitrogens with zero attached hydrogens (tertiary/aromatic N) is 4. The number of ether oxygens (including phenoxy) is 1. The number of hydrogen-bond donors (Lipinski definition) is 2. The summed E-state index contributed by atoms with van der Waals surface area (Å²) in [6.07, 6.45) is 2.18. The van der Waals surface area contributed by atoms with Gasteiger partial charge in [-0.3, -0.25) is 4.79 Å². The molecule has 8 nitrogen and oxygen atoms in total. The zero-order valence-corrected chi connectivity index (χ0v) is 18.3. The smallest absolute Gasteiger partial charge is 0.225 e. The SMILES string of the molecule is CCOCCNc1nc(SCC)nc2c1cnn2CCNC(=O)Cc1cccs1. The molecule has 0 spiro atoms. The standard InChI is InChI=1S/C19H26N6O2S2/c1-3-27-10-8-21-17-15-13-22-25(18(15)24-19(23-17)28-4-2)9-7-20-16(26)12-14-6-5-11-29-14/h5-6,11,13H,3-4,7-10,12H2,1-2H3,(H,20,26)(H,21,23,24). The van der Waals surface area contributed by atoms with Crippen molar-refractivity contribution in [3.63, 3.8) is 0 Å². The molecule has 3 aromatic heterocycles. The highest BCUT2D eigenvalue weighted by atomic mass is 32.2. The molecule has 0 radical (unpaired) electrons. The van der Waals surface area contributed by atoms with E-state index in [9.17, 15) is 4.79 Å². The van der Waals surface area contributed by atoms with Gasteiger partial charge in [0.25, 0.3) is 0 Å². The number of amides is 1. The van der Waals surface area contributed by atoms with Crippen LogP contribution >= 0.6 is 23.1 Å². The van der Waals surface area contributed by atoms with Crippen molar-refractivity contribution >= 4 is 45.9 Å². The molecule has 1 amide bonds. The molecule has 0 fully saturated rings. The third kappa shape index (κ3) is 6.15. The molecular formula is C19H26N6O2S2. The molecular weight excluding hydrogens is 408 g/mol. The van der Waals surface area contributed by atoms with E-state index in [1.54, 1.807) is 29.3 Å². The maximum absolute atomic E-state index is 12.1. The Labute approximate surface area is 178 Å². The van der Waals surface area contributed by atoms with Crippen LogP contribution in [-0.2, 0) is 22.5 Å². The Morgan fingerprint density at radius 3 is 2.97 bits per heavy atom. The number of fused-ring (bicyclic) bond motifs is 1. The lowest BCUT2D eigenvalue weighted by Crippen LogP contribution is -2.28. The van der Waals surface area contributed by atoms with Crippen LogP contribution in [0.3, 0.4) is 0 Å². The molecule has 0 aliphatic rings. The van der Waals surface area contributed by atoms with Gasteiger partial charge in [-0.15, -0.1) is 11.3 Å². The van der Waals surface area contributed by atoms with Gasteiger partial charge in [0.05, 0.1) is 31.2 Å². The summed E-state index contributed by atoms with van der Waals surface area (Å²) in [5.74, 6) is 1.66. The maximum atomic E-state index is 12.1. The number of aromatic nitrogens is 4. The van der Waals surface area contributed by atoms with E-state index in [0.717, 1.165) is 27.5 Å². The quantitative estimate of drug-likeness (QED) is 0.257. The first kappa shape index (κ1) is 21.5. The van der Waals surface area contributed by atoms with Crippen LogP contribution < -0.4 is 10.6 Å². The minimum atomic E-state index is 0.0130. The van der Waals surface area contributed by atoms with E-state index in [0.29, 0.717) is 44.4 Å². The number of nitrogens with one attached hydrogen (secondary N) is 2. The van der Waals surface area contributed by atoms with Crippen molar-refractivity contribution in [1.82, 2.24) is 25.1 Å². The molecule has 2 N–H and O–H groups in total. The molecule has 29 heavy (non-hydrogen) atoms. The van der Waals surface area contributed by atoms with Gasteiger partial charge < -0.3 is 15.4 Å². The van der Waals surface area contributed by atoms with Crippen LogP contribution in [0.25, 0.3) is 11.0 Å². The molecule has 3 heterocycles. The number of hydrogen-bond acceptors (Lipinski definition) is 8. The third-order valence-electron chi connectivity index (χ3n) is 4.05. The lowest BCUT2D eigenvalue weighted by molar-refractivity contribution is -0.120. The fraction of sp³-hybridized carbons (Fsp3) is 0.474. The molecule has 0 aromatic carbocycles. The highest BCUT2D eigenvalue weighted by molar-refractivity contribution is 7.99. The lowest BCUT2D eigenvalue weighted by atomic mass is 10.3. The average Bonchev–Trinajstić information content (AvgIpc) is 3.36. The number of thiophene rings is 1. The number of thioether (sulfide) groups is 1. The topological polar surface area (TPSA) is 94.0 Å². The van der Waals surface area contributed by atoms with Crippen molar-refractivity contribution < 1.29 is 9.53 Å². The van der Waals surface area contributed by atoms with E-state index in [1.807, 2.05) is 29.1 Å². The van der Waals surface area contributed by atoms with Crippen molar-refractivity contribution in [2.45, 2.75) is 32.0 Å². The second-order valence-electron chi connectivity index (χ2n) is 6.12. The van der Waals surface area contributed by atoms with Crippen LogP contribution in [-0.4, -0.2) is 57.7 Å². The fourth-order valence-electron chi connectivity index (χ4n) is 2.75. The van der Waals surface area contributed by atoms with Gasteiger partial charge in [0.2, 0.25) is 5.91 Å². The summed E-state index contributed by atoms with van der Waals surface area (Å²) in [5.41, 5.74) is 0.766. The highest BCUT2D eigenvalue weighted by Gasteiger charge is 2.13. The average molecular weight is 435 g/mol. The van der Waals surface area contributed by atoms with Crippen LogP contribution in [0.4, 0.5) is 5.82 Å². The summed E-state index contributed by atoms with van der Waals surface area (Å²) in [6, 6.07) is 3.92. The predicted octanol–water partition coefficient (Wildman–Crippen LogP) is 2.81. The molecule has 3 aromatic rings. The molecule has 3 rings (SSSR count).